The first-order chi connectivity index (χ1) is 18.8. The molecule has 0 spiro atoms. The second-order valence-electron chi connectivity index (χ2n) is 8.83. The number of ether oxygens (including phenoxy) is 2. The van der Waals surface area contributed by atoms with Gasteiger partial charge in [0.25, 0.3) is 0 Å². The minimum absolute atomic E-state index is 0.0826. The maximum absolute atomic E-state index is 13.4. The van der Waals surface area contributed by atoms with Crippen LogP contribution in [0.2, 0.25) is 0 Å². The summed E-state index contributed by atoms with van der Waals surface area (Å²) in [6.45, 7) is -6.41. The maximum Gasteiger partial charge on any atom is 0.407 e. The molecule has 0 saturated carbocycles. The SMILES string of the molecule is O=C(NCC(F)(F)C(F)(F)C(F)(F)C(F)F)OCC1C=CCC(COC(=O)NCC(F)(F)C(F)(F)C(F)(F)C(F)F)C1. The van der Waals surface area contributed by atoms with Crippen molar-refractivity contribution in [3.05, 3.63) is 12.2 Å². The number of rotatable bonds is 14. The Labute approximate surface area is 224 Å². The zero-order valence-corrected chi connectivity index (χ0v) is 20.4. The van der Waals surface area contributed by atoms with Crippen molar-refractivity contribution in [1.82, 2.24) is 10.6 Å². The number of amides is 2. The van der Waals surface area contributed by atoms with Gasteiger partial charge in [0.1, 0.15) is 0 Å². The summed E-state index contributed by atoms with van der Waals surface area (Å²) in [7, 11) is 0. The van der Waals surface area contributed by atoms with Gasteiger partial charge in [0.2, 0.25) is 0 Å². The molecule has 0 radical (unpaired) electrons. The van der Waals surface area contributed by atoms with Gasteiger partial charge in [0.15, 0.2) is 0 Å². The van der Waals surface area contributed by atoms with Crippen molar-refractivity contribution in [2.75, 3.05) is 26.3 Å². The predicted octanol–water partition coefficient (Wildman–Crippen LogP) is 6.36. The zero-order chi connectivity index (χ0) is 32.9. The highest BCUT2D eigenvalue weighted by molar-refractivity contribution is 5.67. The van der Waals surface area contributed by atoms with Crippen LogP contribution in [0.25, 0.3) is 0 Å². The molecule has 22 heteroatoms. The lowest BCUT2D eigenvalue weighted by molar-refractivity contribution is -0.336. The third-order valence-electron chi connectivity index (χ3n) is 5.61. The van der Waals surface area contributed by atoms with Gasteiger partial charge in [-0.2, -0.15) is 52.7 Å². The number of hydrogen-bond donors (Lipinski definition) is 2. The first kappa shape index (κ1) is 37.2. The molecule has 1 rings (SSSR count). The van der Waals surface area contributed by atoms with Gasteiger partial charge in [-0.05, 0) is 18.8 Å². The Hall–Kier alpha value is -2.84. The molecule has 0 fully saturated rings. The normalized spacial score (nSPS) is 19.2. The molecule has 0 aromatic heterocycles. The van der Waals surface area contributed by atoms with Crippen LogP contribution in [0.5, 0.6) is 0 Å². The van der Waals surface area contributed by atoms with Crippen LogP contribution < -0.4 is 10.6 Å². The molecule has 2 N–H and O–H groups in total. The number of halogens is 16. The van der Waals surface area contributed by atoms with Gasteiger partial charge in [-0.25, -0.2) is 27.2 Å². The van der Waals surface area contributed by atoms with Crippen LogP contribution in [0.3, 0.4) is 0 Å². The van der Waals surface area contributed by atoms with Crippen molar-refractivity contribution < 1.29 is 89.3 Å². The molecule has 2 unspecified atom stereocenters. The van der Waals surface area contributed by atoms with Gasteiger partial charge in [-0.3, -0.25) is 0 Å². The van der Waals surface area contributed by atoms with Crippen molar-refractivity contribution in [3.8, 4) is 0 Å². The lowest BCUT2D eigenvalue weighted by Crippen LogP contribution is -2.61. The lowest BCUT2D eigenvalue weighted by Gasteiger charge is -2.32. The van der Waals surface area contributed by atoms with Gasteiger partial charge in [0.05, 0.1) is 26.3 Å². The lowest BCUT2D eigenvalue weighted by atomic mass is 9.87. The molecule has 1 aliphatic rings. The van der Waals surface area contributed by atoms with Gasteiger partial charge in [-0.15, -0.1) is 0 Å². The molecule has 6 nitrogen and oxygen atoms in total. The summed E-state index contributed by atoms with van der Waals surface area (Å²) in [6.07, 6.45) is -11.3. The van der Waals surface area contributed by atoms with E-state index in [1.165, 1.54) is 12.2 Å². The van der Waals surface area contributed by atoms with Crippen LogP contribution in [0, 0.1) is 11.8 Å². The van der Waals surface area contributed by atoms with Crippen molar-refractivity contribution >= 4 is 12.2 Å². The van der Waals surface area contributed by atoms with Crippen LogP contribution in [0.4, 0.5) is 79.8 Å². The fourth-order valence-corrected chi connectivity index (χ4v) is 3.15. The monoisotopic (exact) mass is 656 g/mol. The first-order valence-electron chi connectivity index (χ1n) is 11.1. The molecule has 0 saturated heterocycles. The van der Waals surface area contributed by atoms with Gasteiger partial charge in [0, 0.05) is 5.92 Å². The second kappa shape index (κ2) is 13.2. The smallest absolute Gasteiger partial charge is 0.407 e. The van der Waals surface area contributed by atoms with Crippen LogP contribution in [0.1, 0.15) is 12.8 Å². The highest BCUT2D eigenvalue weighted by Gasteiger charge is 2.76. The number of nitrogens with one attached hydrogen (secondary N) is 2. The van der Waals surface area contributed by atoms with Gasteiger partial charge >= 0.3 is 60.6 Å². The molecular formula is C20H20F16N2O4. The fraction of sp³-hybridized carbons (Fsp3) is 0.800. The van der Waals surface area contributed by atoms with Crippen LogP contribution in [0.15, 0.2) is 12.2 Å². The van der Waals surface area contributed by atoms with Gasteiger partial charge in [-0.1, -0.05) is 12.2 Å². The fourth-order valence-electron chi connectivity index (χ4n) is 3.15. The van der Waals surface area contributed by atoms with E-state index in [2.05, 4.69) is 9.47 Å². The van der Waals surface area contributed by atoms with Crippen molar-refractivity contribution in [2.45, 2.75) is 61.2 Å². The Morgan fingerprint density at radius 2 is 1.07 bits per heavy atom. The topological polar surface area (TPSA) is 76.7 Å². The van der Waals surface area contributed by atoms with Crippen molar-refractivity contribution in [2.24, 2.45) is 11.8 Å². The minimum Gasteiger partial charge on any atom is -0.449 e. The Morgan fingerprint density at radius 3 is 1.45 bits per heavy atom. The molecule has 2 amide bonds. The summed E-state index contributed by atoms with van der Waals surface area (Å²) in [4.78, 5) is 23.0. The Morgan fingerprint density at radius 1 is 0.690 bits per heavy atom. The molecule has 0 aliphatic heterocycles. The third-order valence-corrected chi connectivity index (χ3v) is 5.61. The molecule has 42 heavy (non-hydrogen) atoms. The van der Waals surface area contributed by atoms with E-state index in [1.54, 1.807) is 0 Å². The van der Waals surface area contributed by atoms with Crippen LogP contribution in [-0.4, -0.2) is 86.9 Å². The molecule has 246 valence electrons. The molecule has 0 bridgehead atoms. The summed E-state index contributed by atoms with van der Waals surface area (Å²) in [5, 5.41) is 2.02. The average Bonchev–Trinajstić information content (AvgIpc) is 2.88. The van der Waals surface area contributed by atoms with Gasteiger partial charge < -0.3 is 20.1 Å². The predicted molar refractivity (Wildman–Crippen MR) is 106 cm³/mol. The van der Waals surface area contributed by atoms with E-state index in [0.29, 0.717) is 0 Å². The number of alkyl carbamates (subject to hydrolysis) is 2. The maximum atomic E-state index is 13.4. The van der Waals surface area contributed by atoms with Crippen molar-refractivity contribution in [3.63, 3.8) is 0 Å². The van der Waals surface area contributed by atoms with E-state index in [9.17, 15) is 79.8 Å². The summed E-state index contributed by atoms with van der Waals surface area (Å²) in [5.41, 5.74) is 0. The number of carbonyl (C=O) groups is 2. The second-order valence-corrected chi connectivity index (χ2v) is 8.83. The van der Waals surface area contributed by atoms with E-state index < -0.39 is 98.7 Å². The van der Waals surface area contributed by atoms with E-state index in [0.717, 1.165) is 10.6 Å². The first-order valence-corrected chi connectivity index (χ1v) is 11.1. The highest BCUT2D eigenvalue weighted by Crippen LogP contribution is 2.49. The van der Waals surface area contributed by atoms with Crippen molar-refractivity contribution in [1.29, 1.82) is 0 Å². The van der Waals surface area contributed by atoms with E-state index in [-0.39, 0.29) is 12.8 Å². The molecule has 0 heterocycles. The van der Waals surface area contributed by atoms with Crippen LogP contribution in [-0.2, 0) is 9.47 Å². The van der Waals surface area contributed by atoms with E-state index in [1.807, 2.05) is 0 Å². The summed E-state index contributed by atoms with van der Waals surface area (Å²) in [6, 6.07) is 0. The summed E-state index contributed by atoms with van der Waals surface area (Å²) < 4.78 is 215. The van der Waals surface area contributed by atoms with Crippen LogP contribution >= 0.6 is 0 Å². The average molecular weight is 656 g/mol. The molecule has 2 atom stereocenters. The highest BCUT2D eigenvalue weighted by atomic mass is 19.4. The Bertz CT molecular complexity index is 960. The number of hydrogen-bond acceptors (Lipinski definition) is 4. The number of allylic oxidation sites excluding steroid dienone is 1. The molecular weight excluding hydrogens is 636 g/mol. The summed E-state index contributed by atoms with van der Waals surface area (Å²) >= 11 is 0. The Kier molecular flexibility index (Phi) is 11.7. The standard InChI is InChI=1S/C20H20F16N2O4/c21-11(22)17(29,30)19(33,34)15(25,26)7-37-13(39)41-5-9-2-1-3-10(4-9)6-42-14(40)38-8-16(27,28)20(35,36)18(31,32)12(23)24/h1-2,9-12H,3-8H2,(H,37,39)(H,38,40). The number of carbonyl (C=O) groups excluding carboxylic acids is 2. The molecule has 1 aliphatic carbocycles. The zero-order valence-electron chi connectivity index (χ0n) is 20.4. The minimum atomic E-state index is -6.57. The number of alkyl halides is 16. The molecule has 0 aromatic rings. The van der Waals surface area contributed by atoms with E-state index in [4.69, 9.17) is 0 Å². The largest absolute Gasteiger partial charge is 0.449 e. The van der Waals surface area contributed by atoms with E-state index >= 15 is 0 Å². The summed E-state index contributed by atoms with van der Waals surface area (Å²) in [5.74, 6) is -39.2. The third kappa shape index (κ3) is 8.16. The Balaban J connectivity index is 2.54. The molecule has 0 aromatic carbocycles. The quantitative estimate of drug-likeness (QED) is 0.169.